The number of carbonyl (C=O) groups is 1. The molecular weight excluding hydrogens is 474 g/mol. The molecule has 4 aromatic rings. The molecule has 0 saturated heterocycles. The van der Waals surface area contributed by atoms with Crippen LogP contribution in [0.3, 0.4) is 0 Å². The number of sulfone groups is 1. The fourth-order valence-corrected chi connectivity index (χ4v) is 4.02. The zero-order chi connectivity index (χ0) is 23.8. The van der Waals surface area contributed by atoms with Gasteiger partial charge in [-0.3, -0.25) is 4.79 Å². The van der Waals surface area contributed by atoms with Crippen molar-refractivity contribution in [2.24, 2.45) is 0 Å². The zero-order valence-corrected chi connectivity index (χ0v) is 18.5. The van der Waals surface area contributed by atoms with Crippen molar-refractivity contribution in [2.75, 3.05) is 11.6 Å². The summed E-state index contributed by atoms with van der Waals surface area (Å²) in [5.74, 6) is -2.53. The molecule has 1 N–H and O–H groups in total. The summed E-state index contributed by atoms with van der Waals surface area (Å²) in [6.07, 6.45) is 3.84. The summed E-state index contributed by atoms with van der Waals surface area (Å²) < 4.78 is 56.6. The Labute approximate surface area is 192 Å². The summed E-state index contributed by atoms with van der Waals surface area (Å²) in [4.78, 5) is 17.1. The van der Waals surface area contributed by atoms with E-state index in [-0.39, 0.29) is 27.5 Å². The van der Waals surface area contributed by atoms with Crippen molar-refractivity contribution in [1.82, 2.24) is 4.98 Å². The average molecular weight is 489 g/mol. The number of halogens is 3. The van der Waals surface area contributed by atoms with Crippen molar-refractivity contribution in [3.63, 3.8) is 0 Å². The first-order valence-electron chi connectivity index (χ1n) is 9.44. The van der Waals surface area contributed by atoms with Gasteiger partial charge in [-0.2, -0.15) is 0 Å². The number of hydrogen-bond donors (Lipinski definition) is 1. The topological polar surface area (TPSA) is 89.3 Å². The van der Waals surface area contributed by atoms with Crippen LogP contribution in [-0.4, -0.2) is 25.6 Å². The molecule has 0 spiro atoms. The standard InChI is InChI=1S/C23H15ClF2N2O4S/c1-33(30,31)15-4-5-16(17(12-15)13-2-7-20(25)21(26)10-13)22(29)28-14-3-6-19(24)18(11-14)23-27-8-9-32-23/h2-12H,1H3,(H,28,29). The second-order valence-electron chi connectivity index (χ2n) is 7.09. The number of nitrogens with one attached hydrogen (secondary N) is 1. The Bertz CT molecular complexity index is 1470. The maximum absolute atomic E-state index is 13.9. The SMILES string of the molecule is CS(=O)(=O)c1ccc(C(=O)Nc2ccc(Cl)c(-c3ncco3)c2)c(-c2ccc(F)c(F)c2)c1. The minimum Gasteiger partial charge on any atom is -0.444 e. The number of anilines is 1. The van der Waals surface area contributed by atoms with Gasteiger partial charge in [0.1, 0.15) is 6.26 Å². The van der Waals surface area contributed by atoms with Crippen LogP contribution >= 0.6 is 11.6 Å². The van der Waals surface area contributed by atoms with Crippen LogP contribution in [-0.2, 0) is 9.84 Å². The Balaban J connectivity index is 1.76. The Hall–Kier alpha value is -3.56. The van der Waals surface area contributed by atoms with Gasteiger partial charge in [0.15, 0.2) is 21.5 Å². The molecule has 0 atom stereocenters. The van der Waals surface area contributed by atoms with Crippen LogP contribution in [0.5, 0.6) is 0 Å². The lowest BCUT2D eigenvalue weighted by molar-refractivity contribution is 0.102. The third-order valence-electron chi connectivity index (χ3n) is 4.78. The van der Waals surface area contributed by atoms with Crippen molar-refractivity contribution in [3.8, 4) is 22.6 Å². The van der Waals surface area contributed by atoms with Crippen LogP contribution in [0.15, 0.2) is 76.4 Å². The van der Waals surface area contributed by atoms with Crippen LogP contribution in [0.2, 0.25) is 5.02 Å². The molecule has 6 nitrogen and oxygen atoms in total. The minimum absolute atomic E-state index is 0.0565. The molecule has 0 aliphatic heterocycles. The molecule has 33 heavy (non-hydrogen) atoms. The molecule has 0 bridgehead atoms. The Morgan fingerprint density at radius 1 is 1.00 bits per heavy atom. The number of benzene rings is 3. The second kappa shape index (κ2) is 8.76. The fourth-order valence-electron chi connectivity index (χ4n) is 3.18. The van der Waals surface area contributed by atoms with E-state index in [0.29, 0.717) is 16.3 Å². The molecule has 10 heteroatoms. The number of carbonyl (C=O) groups excluding carboxylic acids is 1. The number of rotatable bonds is 5. The second-order valence-corrected chi connectivity index (χ2v) is 9.52. The van der Waals surface area contributed by atoms with Crippen molar-refractivity contribution < 1.29 is 26.4 Å². The van der Waals surface area contributed by atoms with Crippen molar-refractivity contribution >= 4 is 33.0 Å². The Morgan fingerprint density at radius 2 is 1.79 bits per heavy atom. The smallest absolute Gasteiger partial charge is 0.256 e. The molecule has 0 fully saturated rings. The van der Waals surface area contributed by atoms with E-state index in [1.807, 2.05) is 0 Å². The maximum Gasteiger partial charge on any atom is 0.256 e. The van der Waals surface area contributed by atoms with Crippen LogP contribution in [0.25, 0.3) is 22.6 Å². The van der Waals surface area contributed by atoms with E-state index >= 15 is 0 Å². The summed E-state index contributed by atoms with van der Waals surface area (Å²) in [5, 5.41) is 3.05. The van der Waals surface area contributed by atoms with Gasteiger partial charge in [0.05, 0.1) is 21.7 Å². The van der Waals surface area contributed by atoms with Gasteiger partial charge in [-0.25, -0.2) is 22.2 Å². The summed E-state index contributed by atoms with van der Waals surface area (Å²) in [6, 6.07) is 11.6. The fraction of sp³-hybridized carbons (Fsp3) is 0.0435. The largest absolute Gasteiger partial charge is 0.444 e. The van der Waals surface area contributed by atoms with Crippen LogP contribution < -0.4 is 5.32 Å². The highest BCUT2D eigenvalue weighted by atomic mass is 35.5. The van der Waals surface area contributed by atoms with Crippen LogP contribution in [0.1, 0.15) is 10.4 Å². The van der Waals surface area contributed by atoms with Gasteiger partial charge in [-0.05, 0) is 59.7 Å². The number of nitrogens with zero attached hydrogens (tertiary/aromatic N) is 1. The molecule has 0 saturated carbocycles. The summed E-state index contributed by atoms with van der Waals surface area (Å²) in [6.45, 7) is 0. The van der Waals surface area contributed by atoms with E-state index in [1.165, 1.54) is 36.7 Å². The highest BCUT2D eigenvalue weighted by Crippen LogP contribution is 2.32. The molecule has 0 aliphatic carbocycles. The first-order chi connectivity index (χ1) is 15.6. The van der Waals surface area contributed by atoms with E-state index < -0.39 is 27.4 Å². The van der Waals surface area contributed by atoms with Crippen molar-refractivity contribution in [1.29, 1.82) is 0 Å². The molecule has 0 aliphatic rings. The van der Waals surface area contributed by atoms with Crippen molar-refractivity contribution in [2.45, 2.75) is 4.90 Å². The van der Waals surface area contributed by atoms with Gasteiger partial charge in [0.25, 0.3) is 5.91 Å². The Morgan fingerprint density at radius 3 is 2.45 bits per heavy atom. The molecule has 0 unspecified atom stereocenters. The van der Waals surface area contributed by atoms with E-state index in [1.54, 1.807) is 18.2 Å². The molecule has 3 aromatic carbocycles. The van der Waals surface area contributed by atoms with Gasteiger partial charge >= 0.3 is 0 Å². The zero-order valence-electron chi connectivity index (χ0n) is 17.0. The predicted molar refractivity (Wildman–Crippen MR) is 120 cm³/mol. The molecule has 0 radical (unpaired) electrons. The van der Waals surface area contributed by atoms with E-state index in [0.717, 1.165) is 18.4 Å². The van der Waals surface area contributed by atoms with Gasteiger partial charge < -0.3 is 9.73 Å². The quantitative estimate of drug-likeness (QED) is 0.395. The van der Waals surface area contributed by atoms with Crippen LogP contribution in [0, 0.1) is 11.6 Å². The number of aromatic nitrogens is 1. The van der Waals surface area contributed by atoms with Gasteiger partial charge in [-0.1, -0.05) is 17.7 Å². The van der Waals surface area contributed by atoms with Crippen LogP contribution in [0.4, 0.5) is 14.5 Å². The number of hydrogen-bond acceptors (Lipinski definition) is 5. The van der Waals surface area contributed by atoms with E-state index in [9.17, 15) is 22.0 Å². The van der Waals surface area contributed by atoms with Gasteiger partial charge in [0.2, 0.25) is 5.89 Å². The lowest BCUT2D eigenvalue weighted by atomic mass is 9.98. The average Bonchev–Trinajstić information content (AvgIpc) is 3.30. The molecule has 1 amide bonds. The molecule has 1 aromatic heterocycles. The first kappa shape index (κ1) is 22.6. The third kappa shape index (κ3) is 4.79. The molecule has 4 rings (SSSR count). The highest BCUT2D eigenvalue weighted by molar-refractivity contribution is 7.90. The van der Waals surface area contributed by atoms with Crippen molar-refractivity contribution in [3.05, 3.63) is 89.3 Å². The summed E-state index contributed by atoms with van der Waals surface area (Å²) in [7, 11) is -3.62. The lowest BCUT2D eigenvalue weighted by Gasteiger charge is -2.13. The number of amides is 1. The molecule has 1 heterocycles. The number of oxazole rings is 1. The normalized spacial score (nSPS) is 11.4. The Kier molecular flexibility index (Phi) is 6.01. The lowest BCUT2D eigenvalue weighted by Crippen LogP contribution is -2.14. The highest BCUT2D eigenvalue weighted by Gasteiger charge is 2.19. The van der Waals surface area contributed by atoms with Gasteiger partial charge in [-0.15, -0.1) is 0 Å². The third-order valence-corrected chi connectivity index (χ3v) is 6.22. The molecule has 168 valence electrons. The van der Waals surface area contributed by atoms with Gasteiger partial charge in [0, 0.05) is 17.5 Å². The molecular formula is C23H15ClF2N2O4S. The van der Waals surface area contributed by atoms with E-state index in [2.05, 4.69) is 10.3 Å². The predicted octanol–water partition coefficient (Wildman–Crippen LogP) is 5.60. The van der Waals surface area contributed by atoms with E-state index in [4.69, 9.17) is 16.0 Å². The summed E-state index contributed by atoms with van der Waals surface area (Å²) >= 11 is 6.20. The summed E-state index contributed by atoms with van der Waals surface area (Å²) in [5.41, 5.74) is 1.13. The maximum atomic E-state index is 13.9. The minimum atomic E-state index is -3.62. The monoisotopic (exact) mass is 488 g/mol. The first-order valence-corrected chi connectivity index (χ1v) is 11.7.